The molecule has 6 heavy (non-hydrogen) atoms. The Hall–Kier alpha value is -0.725. The maximum absolute atomic E-state index is 3.53. The number of hydrogen-bond donors (Lipinski definition) is 0. The molecule has 0 aliphatic rings. The maximum atomic E-state index is 3.53. The van der Waals surface area contributed by atoms with Crippen LogP contribution in [0.5, 0.6) is 0 Å². The Labute approximate surface area is 36.5 Å². The van der Waals surface area contributed by atoms with Crippen molar-refractivity contribution in [3.63, 3.8) is 0 Å². The molecule has 0 radical (unpaired) electrons. The molecule has 0 bridgehead atoms. The molecular weight excluding hydrogens is 74.9 g/mol. The minimum absolute atomic E-state index is 1.64. The standard InChI is InChI=1S/C3H3BN2/c1-2-4-6-5-3-1/h1-3H. The van der Waals surface area contributed by atoms with E-state index in [1.807, 2.05) is 12.0 Å². The summed E-state index contributed by atoms with van der Waals surface area (Å²) in [5, 5.41) is 7.07. The fourth-order valence-corrected chi connectivity index (χ4v) is 0.253. The van der Waals surface area contributed by atoms with Crippen molar-refractivity contribution in [2.24, 2.45) is 0 Å². The molecule has 2 nitrogen and oxygen atoms in total. The molecule has 1 heterocycles. The molecule has 0 atom stereocenters. The number of hydrogen-bond acceptors (Lipinski definition) is 2. The average Bonchev–Trinajstić information content (AvgIpc) is 1.72. The number of rotatable bonds is 0. The van der Waals surface area contributed by atoms with Crippen LogP contribution in [-0.2, 0) is 0 Å². The van der Waals surface area contributed by atoms with Crippen LogP contribution in [-0.4, -0.2) is 17.2 Å². The minimum atomic E-state index is 1.64. The normalized spacial score (nSPS) is 7.33. The van der Waals surface area contributed by atoms with Gasteiger partial charge in [0, 0.05) is 0 Å². The third-order valence-corrected chi connectivity index (χ3v) is 0.483. The van der Waals surface area contributed by atoms with Crippen LogP contribution in [0.2, 0.25) is 0 Å². The van der Waals surface area contributed by atoms with E-state index in [-0.39, 0.29) is 0 Å². The molecule has 0 spiro atoms. The van der Waals surface area contributed by atoms with Gasteiger partial charge in [0.15, 0.2) is 0 Å². The van der Waals surface area contributed by atoms with Crippen LogP contribution in [0.15, 0.2) is 18.2 Å². The first-order chi connectivity index (χ1) is 3.00. The summed E-state index contributed by atoms with van der Waals surface area (Å²) < 4.78 is 0. The molecule has 1 aromatic heterocycles. The summed E-state index contributed by atoms with van der Waals surface area (Å²) in [4.78, 5) is 0. The molecule has 0 aliphatic heterocycles. The van der Waals surface area contributed by atoms with Gasteiger partial charge in [-0.25, -0.2) is 0 Å². The molecule has 0 saturated carbocycles. The monoisotopic (exact) mass is 78.0 g/mol. The molecule has 0 unspecified atom stereocenters. The van der Waals surface area contributed by atoms with E-state index in [2.05, 4.69) is 10.1 Å². The fourth-order valence-electron chi connectivity index (χ4n) is 0.253. The second-order valence-corrected chi connectivity index (χ2v) is 0.914. The van der Waals surface area contributed by atoms with E-state index in [1.165, 1.54) is 0 Å². The molecule has 1 aromatic rings. The Morgan fingerprint density at radius 1 is 1.50 bits per heavy atom. The van der Waals surface area contributed by atoms with Crippen molar-refractivity contribution in [1.82, 2.24) is 10.1 Å². The second-order valence-electron chi connectivity index (χ2n) is 0.914. The zero-order chi connectivity index (χ0) is 4.24. The van der Waals surface area contributed by atoms with Crippen molar-refractivity contribution in [3.8, 4) is 0 Å². The van der Waals surface area contributed by atoms with Gasteiger partial charge in [-0.3, -0.25) is 0 Å². The molecule has 0 amide bonds. The Kier molecular flexibility index (Phi) is 0.951. The quantitative estimate of drug-likeness (QED) is 0.430. The van der Waals surface area contributed by atoms with Crippen LogP contribution >= 0.6 is 0 Å². The summed E-state index contributed by atoms with van der Waals surface area (Å²) in [5.41, 5.74) is 0. The van der Waals surface area contributed by atoms with E-state index in [4.69, 9.17) is 0 Å². The fraction of sp³-hybridized carbons (Fsp3) is 0. The molecule has 0 aliphatic carbocycles. The van der Waals surface area contributed by atoms with E-state index in [0.29, 0.717) is 0 Å². The SMILES string of the molecule is b1cccnn1. The van der Waals surface area contributed by atoms with E-state index in [1.54, 1.807) is 13.2 Å². The Morgan fingerprint density at radius 3 is 2.67 bits per heavy atom. The van der Waals surface area contributed by atoms with Gasteiger partial charge in [0.2, 0.25) is 0 Å². The third-order valence-electron chi connectivity index (χ3n) is 0.483. The van der Waals surface area contributed by atoms with Crippen molar-refractivity contribution in [3.05, 3.63) is 18.2 Å². The van der Waals surface area contributed by atoms with Crippen molar-refractivity contribution in [2.45, 2.75) is 0 Å². The first-order valence-corrected chi connectivity index (χ1v) is 1.72. The van der Waals surface area contributed by atoms with Gasteiger partial charge in [0.25, 0.3) is 0 Å². The van der Waals surface area contributed by atoms with Gasteiger partial charge < -0.3 is 0 Å². The van der Waals surface area contributed by atoms with Crippen LogP contribution in [0.25, 0.3) is 0 Å². The van der Waals surface area contributed by atoms with Gasteiger partial charge in [0.05, 0.1) is 0 Å². The molecule has 28 valence electrons. The summed E-state index contributed by atoms with van der Waals surface area (Å²) in [6.45, 7) is 0. The van der Waals surface area contributed by atoms with Gasteiger partial charge in [-0.05, 0) is 0 Å². The predicted molar refractivity (Wildman–Crippen MR) is 23.4 cm³/mol. The summed E-state index contributed by atoms with van der Waals surface area (Å²) in [6, 6.07) is 1.83. The van der Waals surface area contributed by atoms with Gasteiger partial charge in [-0.2, -0.15) is 0 Å². The molecule has 0 N–H and O–H groups in total. The average molecular weight is 77.9 g/mol. The van der Waals surface area contributed by atoms with Gasteiger partial charge in [-0.1, -0.05) is 0 Å². The Morgan fingerprint density at radius 2 is 2.50 bits per heavy atom. The first kappa shape index (κ1) is 3.46. The van der Waals surface area contributed by atoms with Gasteiger partial charge >= 0.3 is 35.4 Å². The molecule has 0 fully saturated rings. The summed E-state index contributed by atoms with van der Waals surface area (Å²) in [7, 11) is 1.64. The third kappa shape index (κ3) is 0.609. The molecule has 1 rings (SSSR count). The molecule has 0 aromatic carbocycles. The van der Waals surface area contributed by atoms with Crippen LogP contribution in [0, 0.1) is 0 Å². The number of nitrogens with zero attached hydrogens (tertiary/aromatic N) is 2. The van der Waals surface area contributed by atoms with Gasteiger partial charge in [0.1, 0.15) is 0 Å². The van der Waals surface area contributed by atoms with Crippen LogP contribution in [0.1, 0.15) is 0 Å². The Bertz CT molecular complexity index is 80.7. The summed E-state index contributed by atoms with van der Waals surface area (Å²) in [5.74, 6) is 1.83. The van der Waals surface area contributed by atoms with Crippen LogP contribution < -0.4 is 0 Å². The van der Waals surface area contributed by atoms with Crippen molar-refractivity contribution >= 4 is 7.05 Å². The van der Waals surface area contributed by atoms with E-state index >= 15 is 0 Å². The summed E-state index contributed by atoms with van der Waals surface area (Å²) >= 11 is 0. The van der Waals surface area contributed by atoms with E-state index in [0.717, 1.165) is 0 Å². The number of aromatic nitrogens is 2. The van der Waals surface area contributed by atoms with Crippen molar-refractivity contribution in [2.75, 3.05) is 0 Å². The molecule has 0 saturated heterocycles. The second kappa shape index (κ2) is 1.65. The van der Waals surface area contributed by atoms with Gasteiger partial charge in [-0.15, -0.1) is 0 Å². The molecular formula is C3H3BN2. The zero-order valence-corrected chi connectivity index (χ0v) is 3.20. The predicted octanol–water partition coefficient (Wildman–Crippen LogP) is -0.185. The van der Waals surface area contributed by atoms with Crippen LogP contribution in [0.4, 0.5) is 0 Å². The van der Waals surface area contributed by atoms with Crippen molar-refractivity contribution < 1.29 is 0 Å². The first-order valence-electron chi connectivity index (χ1n) is 1.72. The zero-order valence-electron chi connectivity index (χ0n) is 3.20. The summed E-state index contributed by atoms with van der Waals surface area (Å²) in [6.07, 6.45) is 1.64. The van der Waals surface area contributed by atoms with Crippen molar-refractivity contribution in [1.29, 1.82) is 0 Å². The topological polar surface area (TPSA) is 25.8 Å². The van der Waals surface area contributed by atoms with E-state index < -0.39 is 0 Å². The van der Waals surface area contributed by atoms with E-state index in [9.17, 15) is 0 Å². The van der Waals surface area contributed by atoms with Crippen LogP contribution in [0.3, 0.4) is 0 Å². The Balaban J connectivity index is 3.00. The molecule has 3 heteroatoms.